The maximum Gasteiger partial charge on any atom is 0.335 e. The van der Waals surface area contributed by atoms with Crippen molar-refractivity contribution < 1.29 is 23.4 Å². The highest BCUT2D eigenvalue weighted by atomic mass is 32.2. The first kappa shape index (κ1) is 15.9. The topological polar surface area (TPSA) is 94.9 Å². The molecular weight excluding hydrogens is 294 g/mol. The Morgan fingerprint density at radius 3 is 2.62 bits per heavy atom. The Labute approximate surface area is 124 Å². The molecule has 1 fully saturated rings. The number of aliphatic hydroxyl groups is 1. The Bertz CT molecular complexity index is 622. The molecule has 21 heavy (non-hydrogen) atoms. The molecule has 1 aliphatic carbocycles. The van der Waals surface area contributed by atoms with Crippen molar-refractivity contribution in [1.82, 2.24) is 4.31 Å². The fourth-order valence-corrected chi connectivity index (χ4v) is 3.70. The van der Waals surface area contributed by atoms with Crippen LogP contribution in [-0.4, -0.2) is 48.6 Å². The molecule has 1 aliphatic rings. The lowest BCUT2D eigenvalue weighted by Gasteiger charge is -2.34. The molecule has 0 heterocycles. The van der Waals surface area contributed by atoms with Gasteiger partial charge in [-0.1, -0.05) is 12.1 Å². The van der Waals surface area contributed by atoms with Gasteiger partial charge >= 0.3 is 5.97 Å². The highest BCUT2D eigenvalue weighted by Crippen LogP contribution is 2.28. The van der Waals surface area contributed by atoms with E-state index in [1.54, 1.807) is 6.07 Å². The second-order valence-electron chi connectivity index (χ2n) is 5.53. The molecule has 0 radical (unpaired) electrons. The third-order valence-electron chi connectivity index (χ3n) is 3.72. The smallest absolute Gasteiger partial charge is 0.335 e. The molecule has 7 heteroatoms. The summed E-state index contributed by atoms with van der Waals surface area (Å²) in [4.78, 5) is 10.9. The Morgan fingerprint density at radius 1 is 1.38 bits per heavy atom. The largest absolute Gasteiger partial charge is 0.478 e. The summed E-state index contributed by atoms with van der Waals surface area (Å²) in [5.74, 6) is -1.10. The van der Waals surface area contributed by atoms with Gasteiger partial charge in [0.15, 0.2) is 0 Å². The summed E-state index contributed by atoms with van der Waals surface area (Å²) in [6.07, 6.45) is 0.960. The van der Waals surface area contributed by atoms with Gasteiger partial charge in [-0.25, -0.2) is 17.5 Å². The summed E-state index contributed by atoms with van der Waals surface area (Å²) < 4.78 is 25.8. The maximum absolute atomic E-state index is 12.3. The van der Waals surface area contributed by atoms with Gasteiger partial charge in [0.25, 0.3) is 0 Å². The third-order valence-corrected chi connectivity index (χ3v) is 5.52. The quantitative estimate of drug-likeness (QED) is 0.814. The number of hydrogen-bond acceptors (Lipinski definition) is 4. The highest BCUT2D eigenvalue weighted by molar-refractivity contribution is 7.88. The summed E-state index contributed by atoms with van der Waals surface area (Å²) in [7, 11) is -1.97. The van der Waals surface area contributed by atoms with Crippen LogP contribution in [0.2, 0.25) is 0 Å². The normalized spacial score (nSPS) is 22.0. The first-order chi connectivity index (χ1) is 9.78. The fourth-order valence-electron chi connectivity index (χ4n) is 2.44. The molecule has 1 aromatic rings. The first-order valence-electron chi connectivity index (χ1n) is 6.72. The standard InChI is InChI=1S/C14H19NO5S/c1-15(8-11-6-13(16)7-11)21(19,20)9-10-3-2-4-12(5-10)14(17)18/h2-5,11,13,16H,6-9H2,1H3,(H,17,18). The van der Waals surface area contributed by atoms with Crippen LogP contribution in [0, 0.1) is 5.92 Å². The number of benzene rings is 1. The van der Waals surface area contributed by atoms with Gasteiger partial charge in [0.2, 0.25) is 10.0 Å². The van der Waals surface area contributed by atoms with Crippen LogP contribution < -0.4 is 0 Å². The second kappa shape index (κ2) is 6.13. The van der Waals surface area contributed by atoms with E-state index in [2.05, 4.69) is 0 Å². The van der Waals surface area contributed by atoms with Crippen LogP contribution in [0.25, 0.3) is 0 Å². The van der Waals surface area contributed by atoms with Crippen LogP contribution >= 0.6 is 0 Å². The van der Waals surface area contributed by atoms with Gasteiger partial charge in [0.1, 0.15) is 0 Å². The van der Waals surface area contributed by atoms with Crippen LogP contribution in [0.5, 0.6) is 0 Å². The molecule has 6 nitrogen and oxygen atoms in total. The van der Waals surface area contributed by atoms with Gasteiger partial charge < -0.3 is 10.2 Å². The minimum atomic E-state index is -3.49. The molecule has 0 aromatic heterocycles. The van der Waals surface area contributed by atoms with E-state index < -0.39 is 16.0 Å². The summed E-state index contributed by atoms with van der Waals surface area (Å²) in [5.41, 5.74) is 0.530. The van der Waals surface area contributed by atoms with Gasteiger partial charge in [-0.3, -0.25) is 0 Å². The maximum atomic E-state index is 12.3. The van der Waals surface area contributed by atoms with Crippen LogP contribution in [0.4, 0.5) is 0 Å². The van der Waals surface area contributed by atoms with E-state index in [1.165, 1.54) is 29.6 Å². The van der Waals surface area contributed by atoms with Gasteiger partial charge in [0, 0.05) is 13.6 Å². The molecule has 1 saturated carbocycles. The van der Waals surface area contributed by atoms with Crippen LogP contribution in [0.3, 0.4) is 0 Å². The minimum absolute atomic E-state index is 0.0764. The van der Waals surface area contributed by atoms with E-state index in [0.29, 0.717) is 24.9 Å². The lowest BCUT2D eigenvalue weighted by Crippen LogP contribution is -2.39. The Hall–Kier alpha value is -1.44. The van der Waals surface area contributed by atoms with Crippen LogP contribution in [-0.2, 0) is 15.8 Å². The molecular formula is C14H19NO5S. The number of carbonyl (C=O) groups is 1. The summed E-state index contributed by atoms with van der Waals surface area (Å²) in [5, 5.41) is 18.1. The number of aliphatic hydroxyl groups excluding tert-OH is 1. The number of nitrogens with zero attached hydrogens (tertiary/aromatic N) is 1. The van der Waals surface area contributed by atoms with Crippen molar-refractivity contribution in [3.05, 3.63) is 35.4 Å². The molecule has 0 amide bonds. The van der Waals surface area contributed by atoms with E-state index in [-0.39, 0.29) is 23.3 Å². The Kier molecular flexibility index (Phi) is 4.65. The van der Waals surface area contributed by atoms with Crippen molar-refractivity contribution in [3.8, 4) is 0 Å². The second-order valence-corrected chi connectivity index (χ2v) is 7.61. The van der Waals surface area contributed by atoms with Gasteiger partial charge in [-0.05, 0) is 36.5 Å². The van der Waals surface area contributed by atoms with Crippen LogP contribution in [0.1, 0.15) is 28.8 Å². The average Bonchev–Trinajstić information content (AvgIpc) is 2.36. The summed E-state index contributed by atoms with van der Waals surface area (Å²) >= 11 is 0. The van der Waals surface area contributed by atoms with E-state index in [4.69, 9.17) is 5.11 Å². The van der Waals surface area contributed by atoms with Gasteiger partial charge in [-0.2, -0.15) is 0 Å². The Morgan fingerprint density at radius 2 is 2.05 bits per heavy atom. The van der Waals surface area contributed by atoms with Gasteiger partial charge in [-0.15, -0.1) is 0 Å². The van der Waals surface area contributed by atoms with Gasteiger partial charge in [0.05, 0.1) is 17.4 Å². The molecule has 0 unspecified atom stereocenters. The number of aromatic carboxylic acids is 1. The molecule has 0 aliphatic heterocycles. The lowest BCUT2D eigenvalue weighted by atomic mass is 9.82. The molecule has 2 N–H and O–H groups in total. The summed E-state index contributed by atoms with van der Waals surface area (Å²) in [6.45, 7) is 0.387. The minimum Gasteiger partial charge on any atom is -0.478 e. The van der Waals surface area contributed by atoms with E-state index in [9.17, 15) is 18.3 Å². The molecule has 0 atom stereocenters. The molecule has 0 saturated heterocycles. The van der Waals surface area contributed by atoms with Crippen LogP contribution in [0.15, 0.2) is 24.3 Å². The Balaban J connectivity index is 2.02. The predicted molar refractivity (Wildman–Crippen MR) is 77.4 cm³/mol. The predicted octanol–water partition coefficient (Wildman–Crippen LogP) is 0.917. The molecule has 0 spiro atoms. The fraction of sp³-hybridized carbons (Fsp3) is 0.500. The van der Waals surface area contributed by atoms with Crippen molar-refractivity contribution in [2.45, 2.75) is 24.7 Å². The highest BCUT2D eigenvalue weighted by Gasteiger charge is 2.31. The van der Waals surface area contributed by atoms with E-state index >= 15 is 0 Å². The first-order valence-corrected chi connectivity index (χ1v) is 8.33. The lowest BCUT2D eigenvalue weighted by molar-refractivity contribution is 0.0367. The number of hydrogen-bond donors (Lipinski definition) is 2. The van der Waals surface area contributed by atoms with Crippen molar-refractivity contribution in [2.24, 2.45) is 5.92 Å². The molecule has 1 aromatic carbocycles. The van der Waals surface area contributed by atoms with E-state index in [0.717, 1.165) is 0 Å². The monoisotopic (exact) mass is 313 g/mol. The number of sulfonamides is 1. The SMILES string of the molecule is CN(CC1CC(O)C1)S(=O)(=O)Cc1cccc(C(=O)O)c1. The van der Waals surface area contributed by atoms with Crippen molar-refractivity contribution in [1.29, 1.82) is 0 Å². The average molecular weight is 313 g/mol. The molecule has 116 valence electrons. The van der Waals surface area contributed by atoms with Crippen molar-refractivity contribution >= 4 is 16.0 Å². The van der Waals surface area contributed by atoms with Crippen molar-refractivity contribution in [3.63, 3.8) is 0 Å². The molecule has 2 rings (SSSR count). The third kappa shape index (κ3) is 4.03. The molecule has 0 bridgehead atoms. The van der Waals surface area contributed by atoms with E-state index in [1.807, 2.05) is 0 Å². The zero-order chi connectivity index (χ0) is 15.6. The number of carboxylic acids is 1. The zero-order valence-electron chi connectivity index (χ0n) is 11.8. The number of carboxylic acid groups (broad SMARTS) is 1. The van der Waals surface area contributed by atoms with Crippen molar-refractivity contribution in [2.75, 3.05) is 13.6 Å². The summed E-state index contributed by atoms with van der Waals surface area (Å²) in [6, 6.07) is 5.94. The zero-order valence-corrected chi connectivity index (χ0v) is 12.6. The number of rotatable bonds is 6.